The molecule has 8 nitrogen and oxygen atoms in total. The molecule has 9 heteroatoms. The molecule has 33 heavy (non-hydrogen) atoms. The minimum atomic E-state index is -3.52. The van der Waals surface area contributed by atoms with E-state index in [0.717, 1.165) is 17.4 Å². The summed E-state index contributed by atoms with van der Waals surface area (Å²) in [5, 5.41) is 12.9. The Morgan fingerprint density at radius 1 is 1.12 bits per heavy atom. The van der Waals surface area contributed by atoms with E-state index in [1.807, 2.05) is 18.2 Å². The van der Waals surface area contributed by atoms with Crippen molar-refractivity contribution < 1.29 is 12.8 Å². The Balaban J connectivity index is 1.55. The first-order chi connectivity index (χ1) is 15.9. The van der Waals surface area contributed by atoms with E-state index in [2.05, 4.69) is 33.4 Å². The summed E-state index contributed by atoms with van der Waals surface area (Å²) in [6, 6.07) is 18.8. The summed E-state index contributed by atoms with van der Waals surface area (Å²) in [7, 11) is -0.552. The number of rotatable bonds is 8. The number of hydrogen-bond donors (Lipinski definition) is 1. The predicted octanol–water partition coefficient (Wildman–Crippen LogP) is 3.71. The van der Waals surface area contributed by atoms with Crippen LogP contribution >= 0.6 is 0 Å². The van der Waals surface area contributed by atoms with Crippen molar-refractivity contribution in [1.82, 2.24) is 14.2 Å². The van der Waals surface area contributed by atoms with Crippen LogP contribution in [0.5, 0.6) is 0 Å². The maximum absolute atomic E-state index is 12.3. The SMILES string of the molecule is CN(C)S(=O)(=O)c1ccc(-c2nc(C#N)c(NCC(c3ccccc3)N3CCCC3)o2)cc1. The number of aromatic nitrogens is 1. The highest BCUT2D eigenvalue weighted by Crippen LogP contribution is 2.29. The molecular weight excluding hydrogens is 438 g/mol. The van der Waals surface area contributed by atoms with Gasteiger partial charge in [-0.1, -0.05) is 30.3 Å². The smallest absolute Gasteiger partial charge is 0.242 e. The van der Waals surface area contributed by atoms with Crippen molar-refractivity contribution >= 4 is 15.9 Å². The van der Waals surface area contributed by atoms with Crippen molar-refractivity contribution in [2.45, 2.75) is 23.8 Å². The molecule has 2 aromatic carbocycles. The Bertz CT molecular complexity index is 1230. The van der Waals surface area contributed by atoms with Gasteiger partial charge in [-0.15, -0.1) is 0 Å². The Hall–Kier alpha value is -3.19. The lowest BCUT2D eigenvalue weighted by molar-refractivity contribution is 0.255. The average molecular weight is 466 g/mol. The fourth-order valence-corrected chi connectivity index (χ4v) is 4.90. The zero-order chi connectivity index (χ0) is 23.4. The predicted molar refractivity (Wildman–Crippen MR) is 126 cm³/mol. The van der Waals surface area contributed by atoms with E-state index >= 15 is 0 Å². The summed E-state index contributed by atoms with van der Waals surface area (Å²) in [5.74, 6) is 0.581. The van der Waals surface area contributed by atoms with Crippen LogP contribution in [0.1, 0.15) is 30.1 Å². The molecule has 0 spiro atoms. The Morgan fingerprint density at radius 2 is 1.79 bits per heavy atom. The van der Waals surface area contributed by atoms with Crippen LogP contribution in [0.25, 0.3) is 11.5 Å². The monoisotopic (exact) mass is 465 g/mol. The highest BCUT2D eigenvalue weighted by molar-refractivity contribution is 7.89. The molecule has 0 amide bonds. The molecule has 1 aliphatic heterocycles. The van der Waals surface area contributed by atoms with Crippen LogP contribution in [-0.2, 0) is 10.0 Å². The van der Waals surface area contributed by atoms with E-state index in [4.69, 9.17) is 4.42 Å². The molecule has 1 unspecified atom stereocenters. The van der Waals surface area contributed by atoms with E-state index < -0.39 is 10.0 Å². The topological polar surface area (TPSA) is 102 Å². The maximum atomic E-state index is 12.3. The standard InChI is InChI=1S/C24H27N5O3S/c1-28(2)33(30,31)20-12-10-19(11-13-20)23-27-21(16-25)24(32-23)26-17-22(29-14-6-7-15-29)18-8-4-3-5-9-18/h3-5,8-13,22,26H,6-7,14-15,17H2,1-2H3. The third-order valence-electron chi connectivity index (χ3n) is 5.83. The third kappa shape index (κ3) is 4.93. The summed E-state index contributed by atoms with van der Waals surface area (Å²) < 4.78 is 31.6. The first-order valence-corrected chi connectivity index (χ1v) is 12.3. The average Bonchev–Trinajstić information content (AvgIpc) is 3.50. The number of oxazole rings is 1. The number of benzene rings is 2. The summed E-state index contributed by atoms with van der Waals surface area (Å²) in [6.45, 7) is 2.65. The molecule has 0 radical (unpaired) electrons. The van der Waals surface area contributed by atoms with Crippen molar-refractivity contribution in [3.63, 3.8) is 0 Å². The van der Waals surface area contributed by atoms with Gasteiger partial charge in [-0.05, 0) is 55.8 Å². The van der Waals surface area contributed by atoms with Gasteiger partial charge >= 0.3 is 0 Å². The first kappa shape index (κ1) is 23.0. The molecular formula is C24H27N5O3S. The third-order valence-corrected chi connectivity index (χ3v) is 7.66. The van der Waals surface area contributed by atoms with Gasteiger partial charge in [0.2, 0.25) is 27.5 Å². The summed E-state index contributed by atoms with van der Waals surface area (Å²) in [5.41, 5.74) is 1.97. The number of nitriles is 1. The second-order valence-electron chi connectivity index (χ2n) is 8.17. The van der Waals surface area contributed by atoms with Crippen LogP contribution in [0.3, 0.4) is 0 Å². The van der Waals surface area contributed by atoms with Gasteiger partial charge < -0.3 is 9.73 Å². The van der Waals surface area contributed by atoms with E-state index in [9.17, 15) is 13.7 Å². The second kappa shape index (κ2) is 9.75. The zero-order valence-electron chi connectivity index (χ0n) is 18.7. The fraction of sp³-hybridized carbons (Fsp3) is 0.333. The Morgan fingerprint density at radius 3 is 2.39 bits per heavy atom. The molecule has 4 rings (SSSR count). The maximum Gasteiger partial charge on any atom is 0.242 e. The minimum absolute atomic E-state index is 0.157. The van der Waals surface area contributed by atoms with E-state index in [0.29, 0.717) is 18.0 Å². The van der Waals surface area contributed by atoms with Gasteiger partial charge in [-0.3, -0.25) is 4.90 Å². The van der Waals surface area contributed by atoms with Crippen molar-refractivity contribution in [1.29, 1.82) is 5.26 Å². The fourth-order valence-electron chi connectivity index (χ4n) is 4.00. The molecule has 0 bridgehead atoms. The van der Waals surface area contributed by atoms with Crippen LogP contribution < -0.4 is 5.32 Å². The van der Waals surface area contributed by atoms with Gasteiger partial charge in [0.25, 0.3) is 0 Å². The number of likely N-dealkylation sites (tertiary alicyclic amines) is 1. The van der Waals surface area contributed by atoms with Gasteiger partial charge in [-0.2, -0.15) is 10.2 Å². The molecule has 0 saturated carbocycles. The molecule has 1 fully saturated rings. The van der Waals surface area contributed by atoms with Crippen LogP contribution in [0.15, 0.2) is 63.9 Å². The van der Waals surface area contributed by atoms with E-state index in [-0.39, 0.29) is 22.5 Å². The van der Waals surface area contributed by atoms with Crippen molar-refractivity contribution in [3.05, 3.63) is 65.9 Å². The minimum Gasteiger partial charge on any atom is -0.419 e. The van der Waals surface area contributed by atoms with E-state index in [1.165, 1.54) is 44.6 Å². The molecule has 1 atom stereocenters. The lowest BCUT2D eigenvalue weighted by Gasteiger charge is -2.28. The lowest BCUT2D eigenvalue weighted by atomic mass is 10.1. The van der Waals surface area contributed by atoms with Gasteiger partial charge in [0.15, 0.2) is 0 Å². The molecule has 1 aromatic heterocycles. The highest BCUT2D eigenvalue weighted by atomic mass is 32.2. The normalized spacial score (nSPS) is 15.5. The molecule has 1 saturated heterocycles. The molecule has 172 valence electrons. The molecule has 3 aromatic rings. The Labute approximate surface area is 194 Å². The van der Waals surface area contributed by atoms with Crippen LogP contribution in [0.2, 0.25) is 0 Å². The van der Waals surface area contributed by atoms with E-state index in [1.54, 1.807) is 12.1 Å². The second-order valence-corrected chi connectivity index (χ2v) is 10.3. The highest BCUT2D eigenvalue weighted by Gasteiger charge is 2.25. The lowest BCUT2D eigenvalue weighted by Crippen LogP contribution is -2.31. The van der Waals surface area contributed by atoms with Gasteiger partial charge in [0.05, 0.1) is 10.9 Å². The van der Waals surface area contributed by atoms with Gasteiger partial charge in [0.1, 0.15) is 6.07 Å². The quantitative estimate of drug-likeness (QED) is 0.541. The molecule has 2 heterocycles. The number of anilines is 1. The van der Waals surface area contributed by atoms with Gasteiger partial charge in [0, 0.05) is 26.2 Å². The Kier molecular flexibility index (Phi) is 6.79. The summed E-state index contributed by atoms with van der Waals surface area (Å²) in [4.78, 5) is 6.93. The summed E-state index contributed by atoms with van der Waals surface area (Å²) >= 11 is 0. The number of sulfonamides is 1. The van der Waals surface area contributed by atoms with Crippen molar-refractivity contribution in [3.8, 4) is 17.5 Å². The van der Waals surface area contributed by atoms with Gasteiger partial charge in [-0.25, -0.2) is 12.7 Å². The van der Waals surface area contributed by atoms with Crippen molar-refractivity contribution in [2.75, 3.05) is 39.0 Å². The molecule has 0 aliphatic carbocycles. The van der Waals surface area contributed by atoms with Crippen LogP contribution in [-0.4, -0.2) is 56.3 Å². The van der Waals surface area contributed by atoms with Crippen LogP contribution in [0.4, 0.5) is 5.88 Å². The number of nitrogens with one attached hydrogen (secondary N) is 1. The number of nitrogens with zero attached hydrogens (tertiary/aromatic N) is 4. The molecule has 1 aliphatic rings. The first-order valence-electron chi connectivity index (χ1n) is 10.9. The number of hydrogen-bond acceptors (Lipinski definition) is 7. The zero-order valence-corrected chi connectivity index (χ0v) is 19.5. The van der Waals surface area contributed by atoms with Crippen molar-refractivity contribution in [2.24, 2.45) is 0 Å². The van der Waals surface area contributed by atoms with Crippen LogP contribution in [0, 0.1) is 11.3 Å². The largest absolute Gasteiger partial charge is 0.419 e. The summed E-state index contributed by atoms with van der Waals surface area (Å²) in [6.07, 6.45) is 2.36. The molecule has 1 N–H and O–H groups in total.